The second kappa shape index (κ2) is 12.3. The summed E-state index contributed by atoms with van der Waals surface area (Å²) in [6.45, 7) is 4.76. The maximum atomic E-state index is 2.47. The highest BCUT2D eigenvalue weighted by molar-refractivity contribution is 7.25. The highest BCUT2D eigenvalue weighted by atomic mass is 32.1. The minimum Gasteiger partial charge on any atom is -0.310 e. The molecule has 1 heterocycles. The van der Waals surface area contributed by atoms with Crippen LogP contribution >= 0.6 is 11.3 Å². The van der Waals surface area contributed by atoms with E-state index in [2.05, 4.69) is 207 Å². The molecule has 0 N–H and O–H groups in total. The van der Waals surface area contributed by atoms with Crippen LogP contribution in [0.15, 0.2) is 188 Å². The van der Waals surface area contributed by atoms with E-state index >= 15 is 0 Å². The Hall–Kier alpha value is -6.48. The van der Waals surface area contributed by atoms with Gasteiger partial charge in [-0.1, -0.05) is 147 Å². The van der Waals surface area contributed by atoms with Crippen molar-refractivity contribution in [2.75, 3.05) is 4.90 Å². The van der Waals surface area contributed by atoms with Crippen molar-refractivity contribution < 1.29 is 0 Å². The number of rotatable bonds is 5. The molecule has 0 fully saturated rings. The van der Waals surface area contributed by atoms with Gasteiger partial charge in [0.15, 0.2) is 0 Å². The van der Waals surface area contributed by atoms with Gasteiger partial charge in [-0.3, -0.25) is 0 Å². The molecular formula is C53H37NS. The summed E-state index contributed by atoms with van der Waals surface area (Å²) in [6, 6.07) is 69.7. The molecule has 0 aliphatic heterocycles. The predicted octanol–water partition coefficient (Wildman–Crippen LogP) is 15.5. The van der Waals surface area contributed by atoms with Crippen LogP contribution in [-0.2, 0) is 5.41 Å². The van der Waals surface area contributed by atoms with E-state index in [-0.39, 0.29) is 5.41 Å². The molecule has 10 aromatic rings. The molecule has 0 atom stereocenters. The lowest BCUT2D eigenvalue weighted by Crippen LogP contribution is -2.17. The number of nitrogens with zero attached hydrogens (tertiary/aromatic N) is 1. The number of hydrogen-bond donors (Lipinski definition) is 0. The second-order valence-electron chi connectivity index (χ2n) is 15.3. The lowest BCUT2D eigenvalue weighted by atomic mass is 9.78. The summed E-state index contributed by atoms with van der Waals surface area (Å²) in [5, 5.41) is 7.70. The van der Waals surface area contributed by atoms with Gasteiger partial charge in [-0.15, -0.1) is 11.3 Å². The fourth-order valence-electron chi connectivity index (χ4n) is 9.27. The first-order valence-corrected chi connectivity index (χ1v) is 19.9. The first kappa shape index (κ1) is 32.0. The average Bonchev–Trinajstić information content (AvgIpc) is 3.72. The molecule has 260 valence electrons. The monoisotopic (exact) mass is 719 g/mol. The molecule has 0 amide bonds. The van der Waals surface area contributed by atoms with Crippen LogP contribution in [0, 0.1) is 0 Å². The van der Waals surface area contributed by atoms with Crippen LogP contribution in [0.1, 0.15) is 25.0 Å². The predicted molar refractivity (Wildman–Crippen MR) is 237 cm³/mol. The summed E-state index contributed by atoms with van der Waals surface area (Å²) in [5.74, 6) is 0. The third-order valence-electron chi connectivity index (χ3n) is 11.8. The summed E-state index contributed by atoms with van der Waals surface area (Å²) in [5.41, 5.74) is 13.6. The van der Waals surface area contributed by atoms with E-state index < -0.39 is 0 Å². The molecule has 9 aromatic carbocycles. The Bertz CT molecular complexity index is 3110. The van der Waals surface area contributed by atoms with Gasteiger partial charge in [0.1, 0.15) is 0 Å². The molecule has 2 heteroatoms. The van der Waals surface area contributed by atoms with E-state index in [4.69, 9.17) is 0 Å². The normalized spacial score (nSPS) is 13.1. The van der Waals surface area contributed by atoms with Gasteiger partial charge in [0.25, 0.3) is 0 Å². The van der Waals surface area contributed by atoms with Crippen LogP contribution in [0.25, 0.3) is 75.1 Å². The van der Waals surface area contributed by atoms with E-state index in [1.807, 2.05) is 11.3 Å². The molecule has 0 bridgehead atoms. The maximum Gasteiger partial charge on any atom is 0.0474 e. The topological polar surface area (TPSA) is 3.24 Å². The fourth-order valence-corrected chi connectivity index (χ4v) is 10.4. The molecular weight excluding hydrogens is 683 g/mol. The third kappa shape index (κ3) is 4.99. The summed E-state index contributed by atoms with van der Waals surface area (Å²) >= 11 is 1.86. The number of anilines is 3. The highest BCUT2D eigenvalue weighted by Gasteiger charge is 2.38. The van der Waals surface area contributed by atoms with Gasteiger partial charge in [0, 0.05) is 42.6 Å². The van der Waals surface area contributed by atoms with Gasteiger partial charge in [-0.05, 0) is 121 Å². The first-order chi connectivity index (χ1) is 27.0. The van der Waals surface area contributed by atoms with Gasteiger partial charge in [0.2, 0.25) is 0 Å². The van der Waals surface area contributed by atoms with Crippen molar-refractivity contribution in [1.29, 1.82) is 0 Å². The standard InChI is InChI=1S/C53H37NS/c1-53(2)49-22-12-10-20-43(49)48-33-39(32-46(52(48)53)34-14-4-3-5-15-34)54(38-28-29-51-47(31-38)44-21-11-13-23-50(44)55-51)37-26-24-35(25-27-37)45-30-36-16-6-7-17-40(36)41-18-8-9-19-42(41)45/h3-33H,1-2H3. The number of hydrogen-bond acceptors (Lipinski definition) is 2. The SMILES string of the molecule is CC1(C)c2ccccc2-c2cc(N(c3ccc(-c4cc5ccccc5c5ccccc45)cc3)c3ccc4sc5ccccc5c4c3)cc(-c3ccccc3)c21. The van der Waals surface area contributed by atoms with Crippen molar-refractivity contribution in [3.63, 3.8) is 0 Å². The number of benzene rings is 9. The van der Waals surface area contributed by atoms with Crippen molar-refractivity contribution in [2.45, 2.75) is 19.3 Å². The number of fused-ring (bicyclic) bond motifs is 9. The highest BCUT2D eigenvalue weighted by Crippen LogP contribution is 2.54. The maximum absolute atomic E-state index is 2.47. The number of thiophene rings is 1. The lowest BCUT2D eigenvalue weighted by molar-refractivity contribution is 0.662. The third-order valence-corrected chi connectivity index (χ3v) is 13.0. The molecule has 1 aromatic heterocycles. The summed E-state index contributed by atoms with van der Waals surface area (Å²) in [7, 11) is 0. The van der Waals surface area contributed by atoms with Crippen molar-refractivity contribution in [3.05, 3.63) is 199 Å². The zero-order valence-corrected chi connectivity index (χ0v) is 31.6. The Balaban J connectivity index is 1.15. The van der Waals surface area contributed by atoms with E-state index in [1.165, 1.54) is 86.2 Å². The Kier molecular flexibility index (Phi) is 7.14. The van der Waals surface area contributed by atoms with E-state index in [9.17, 15) is 0 Å². The Morgan fingerprint density at radius 3 is 1.84 bits per heavy atom. The van der Waals surface area contributed by atoms with Gasteiger partial charge >= 0.3 is 0 Å². The van der Waals surface area contributed by atoms with Gasteiger partial charge in [0.05, 0.1) is 0 Å². The summed E-state index contributed by atoms with van der Waals surface area (Å²) < 4.78 is 2.62. The molecule has 0 saturated heterocycles. The van der Waals surface area contributed by atoms with Crippen LogP contribution in [0.5, 0.6) is 0 Å². The van der Waals surface area contributed by atoms with Crippen molar-refractivity contribution in [2.24, 2.45) is 0 Å². The summed E-state index contributed by atoms with van der Waals surface area (Å²) in [6.07, 6.45) is 0. The van der Waals surface area contributed by atoms with Gasteiger partial charge in [-0.25, -0.2) is 0 Å². The minimum absolute atomic E-state index is 0.140. The molecule has 0 unspecified atom stereocenters. The zero-order chi connectivity index (χ0) is 36.7. The first-order valence-electron chi connectivity index (χ1n) is 19.1. The molecule has 11 rings (SSSR count). The quantitative estimate of drug-likeness (QED) is 0.160. The van der Waals surface area contributed by atoms with E-state index in [0.717, 1.165) is 17.1 Å². The van der Waals surface area contributed by atoms with Crippen LogP contribution in [0.2, 0.25) is 0 Å². The Morgan fingerprint density at radius 2 is 1.00 bits per heavy atom. The molecule has 0 spiro atoms. The smallest absolute Gasteiger partial charge is 0.0474 e. The van der Waals surface area contributed by atoms with Crippen LogP contribution in [-0.4, -0.2) is 0 Å². The van der Waals surface area contributed by atoms with E-state index in [0.29, 0.717) is 0 Å². The minimum atomic E-state index is -0.140. The fraction of sp³-hybridized carbons (Fsp3) is 0.0566. The molecule has 1 aliphatic carbocycles. The van der Waals surface area contributed by atoms with Gasteiger partial charge < -0.3 is 4.90 Å². The molecule has 0 saturated carbocycles. The Labute approximate surface area is 325 Å². The largest absolute Gasteiger partial charge is 0.310 e. The van der Waals surface area contributed by atoms with Crippen molar-refractivity contribution >= 4 is 70.1 Å². The second-order valence-corrected chi connectivity index (χ2v) is 16.4. The van der Waals surface area contributed by atoms with Crippen LogP contribution < -0.4 is 4.90 Å². The zero-order valence-electron chi connectivity index (χ0n) is 30.8. The van der Waals surface area contributed by atoms with Crippen LogP contribution in [0.3, 0.4) is 0 Å². The summed E-state index contributed by atoms with van der Waals surface area (Å²) in [4.78, 5) is 2.47. The lowest BCUT2D eigenvalue weighted by Gasteiger charge is -2.29. The van der Waals surface area contributed by atoms with Crippen molar-refractivity contribution in [3.8, 4) is 33.4 Å². The molecule has 1 nitrogen and oxygen atoms in total. The van der Waals surface area contributed by atoms with Gasteiger partial charge in [-0.2, -0.15) is 0 Å². The molecule has 1 aliphatic rings. The van der Waals surface area contributed by atoms with Crippen LogP contribution in [0.4, 0.5) is 17.1 Å². The average molecular weight is 720 g/mol. The van der Waals surface area contributed by atoms with E-state index in [1.54, 1.807) is 0 Å². The van der Waals surface area contributed by atoms with Crippen molar-refractivity contribution in [1.82, 2.24) is 0 Å². The Morgan fingerprint density at radius 1 is 0.382 bits per heavy atom. The molecule has 0 radical (unpaired) electrons. The molecule has 55 heavy (non-hydrogen) atoms.